The molecule has 0 aliphatic rings. The number of nitrogens with one attached hydrogen (secondary N) is 1. The Morgan fingerprint density at radius 2 is 1.96 bits per heavy atom. The van der Waals surface area contributed by atoms with Crippen LogP contribution < -0.4 is 14.8 Å². The molecule has 0 saturated heterocycles. The maximum absolute atomic E-state index is 5.91. The number of aromatic nitrogens is 1. The molecule has 0 atom stereocenters. The number of benzene rings is 2. The Kier molecular flexibility index (Phi) is 5.89. The third-order valence-electron chi connectivity index (χ3n) is 4.42. The number of nitrogens with zero attached hydrogens (tertiary/aromatic N) is 1. The van der Waals surface area contributed by atoms with E-state index >= 15 is 0 Å². The highest BCUT2D eigenvalue weighted by Gasteiger charge is 2.12. The van der Waals surface area contributed by atoms with Crippen molar-refractivity contribution in [2.75, 3.05) is 20.3 Å². The van der Waals surface area contributed by atoms with Crippen LogP contribution in [0.5, 0.6) is 11.5 Å². The first kappa shape index (κ1) is 18.5. The highest BCUT2D eigenvalue weighted by atomic mass is 32.1. The molecule has 4 rings (SSSR count). The van der Waals surface area contributed by atoms with Gasteiger partial charge in [0.15, 0.2) is 5.58 Å². The highest BCUT2D eigenvalue weighted by molar-refractivity contribution is 7.17. The smallest absolute Gasteiger partial charge is 0.178 e. The monoisotopic (exact) mass is 394 g/mol. The fourth-order valence-electron chi connectivity index (χ4n) is 3.00. The van der Waals surface area contributed by atoms with E-state index < -0.39 is 0 Å². The van der Waals surface area contributed by atoms with Gasteiger partial charge in [-0.05, 0) is 54.2 Å². The van der Waals surface area contributed by atoms with Crippen molar-refractivity contribution in [1.29, 1.82) is 0 Å². The van der Waals surface area contributed by atoms with Crippen LogP contribution in [0, 0.1) is 0 Å². The van der Waals surface area contributed by atoms with Crippen LogP contribution in [0.3, 0.4) is 0 Å². The number of hydrogen-bond donors (Lipinski definition) is 1. The van der Waals surface area contributed by atoms with Gasteiger partial charge < -0.3 is 19.3 Å². The van der Waals surface area contributed by atoms with E-state index in [1.54, 1.807) is 18.4 Å². The van der Waals surface area contributed by atoms with Gasteiger partial charge in [0.05, 0.1) is 13.7 Å². The van der Waals surface area contributed by atoms with Crippen LogP contribution in [0.2, 0.25) is 0 Å². The third-order valence-corrected chi connectivity index (χ3v) is 5.32. The molecule has 1 N–H and O–H groups in total. The number of methoxy groups -OCH3 is 1. The Hall–Kier alpha value is -2.83. The van der Waals surface area contributed by atoms with Gasteiger partial charge in [-0.1, -0.05) is 29.4 Å². The normalized spacial score (nSPS) is 11.0. The molecule has 2 aromatic heterocycles. The van der Waals surface area contributed by atoms with Crippen molar-refractivity contribution < 1.29 is 14.0 Å². The van der Waals surface area contributed by atoms with E-state index in [2.05, 4.69) is 16.5 Å². The Labute approximate surface area is 167 Å². The number of hydrogen-bond acceptors (Lipinski definition) is 6. The van der Waals surface area contributed by atoms with Crippen LogP contribution in [0.25, 0.3) is 21.5 Å². The van der Waals surface area contributed by atoms with Crippen LogP contribution in [0.1, 0.15) is 12.0 Å². The predicted octanol–water partition coefficient (Wildman–Crippen LogP) is 5.12. The molecule has 0 saturated carbocycles. The summed E-state index contributed by atoms with van der Waals surface area (Å²) in [5, 5.41) is 9.64. The molecule has 0 radical (unpaired) electrons. The molecule has 0 unspecified atom stereocenters. The van der Waals surface area contributed by atoms with Crippen molar-refractivity contribution in [2.45, 2.75) is 13.0 Å². The molecule has 0 amide bonds. The maximum Gasteiger partial charge on any atom is 0.178 e. The average Bonchev–Trinajstić information content (AvgIpc) is 3.35. The molecule has 2 aromatic carbocycles. The first-order chi connectivity index (χ1) is 13.8. The van der Waals surface area contributed by atoms with Crippen molar-refractivity contribution in [3.63, 3.8) is 0 Å². The quantitative estimate of drug-likeness (QED) is 0.399. The van der Waals surface area contributed by atoms with E-state index in [0.29, 0.717) is 6.61 Å². The second-order valence-electron chi connectivity index (χ2n) is 6.40. The summed E-state index contributed by atoms with van der Waals surface area (Å²) in [6.45, 7) is 2.35. The molecule has 0 aliphatic carbocycles. The van der Waals surface area contributed by atoms with E-state index in [0.717, 1.165) is 52.5 Å². The van der Waals surface area contributed by atoms with Crippen LogP contribution in [-0.2, 0) is 6.54 Å². The topological polar surface area (TPSA) is 56.5 Å². The molecule has 2 heterocycles. The molecule has 0 bridgehead atoms. The van der Waals surface area contributed by atoms with Crippen molar-refractivity contribution >= 4 is 21.6 Å². The third kappa shape index (κ3) is 4.35. The number of ether oxygens (including phenoxy) is 2. The average molecular weight is 394 g/mol. The summed E-state index contributed by atoms with van der Waals surface area (Å²) in [6, 6.07) is 18.0. The number of rotatable bonds is 9. The summed E-state index contributed by atoms with van der Waals surface area (Å²) in [6.07, 6.45) is 0.924. The fourth-order valence-corrected chi connectivity index (χ4v) is 3.81. The summed E-state index contributed by atoms with van der Waals surface area (Å²) in [4.78, 5) is 0. The minimum atomic E-state index is 0.655. The molecule has 0 aliphatic heterocycles. The standard InChI is InChI=1S/C22H22N2O3S/c1-25-18-7-2-5-16(13-18)15-23-10-4-11-26-19-8-3-6-17(14-19)21-22-20(27-24-21)9-12-28-22/h2-3,5-9,12-14,23H,4,10-11,15H2,1H3. The molecule has 4 aromatic rings. The predicted molar refractivity (Wildman–Crippen MR) is 112 cm³/mol. The number of fused-ring (bicyclic) bond motifs is 1. The summed E-state index contributed by atoms with van der Waals surface area (Å²) in [5.74, 6) is 1.73. The van der Waals surface area contributed by atoms with Gasteiger partial charge in [0.1, 0.15) is 21.9 Å². The fraction of sp³-hybridized carbons (Fsp3) is 0.227. The lowest BCUT2D eigenvalue weighted by Gasteiger charge is -2.09. The van der Waals surface area contributed by atoms with E-state index in [4.69, 9.17) is 14.0 Å². The SMILES string of the molecule is COc1cccc(CNCCCOc2cccc(-c3noc4ccsc34)c2)c1. The molecule has 6 heteroatoms. The van der Waals surface area contributed by atoms with Crippen LogP contribution in [0.4, 0.5) is 0 Å². The van der Waals surface area contributed by atoms with Crippen LogP contribution in [-0.4, -0.2) is 25.4 Å². The van der Waals surface area contributed by atoms with Gasteiger partial charge >= 0.3 is 0 Å². The van der Waals surface area contributed by atoms with Crippen LogP contribution >= 0.6 is 11.3 Å². The molecule has 5 nitrogen and oxygen atoms in total. The molecule has 28 heavy (non-hydrogen) atoms. The number of thiophene rings is 1. The molecular formula is C22H22N2O3S. The lowest BCUT2D eigenvalue weighted by molar-refractivity contribution is 0.308. The first-order valence-corrected chi connectivity index (χ1v) is 10.1. The zero-order chi connectivity index (χ0) is 19.2. The van der Waals surface area contributed by atoms with E-state index in [9.17, 15) is 0 Å². The minimum Gasteiger partial charge on any atom is -0.497 e. The Morgan fingerprint density at radius 1 is 1.07 bits per heavy atom. The van der Waals surface area contributed by atoms with Gasteiger partial charge in [0.2, 0.25) is 0 Å². The van der Waals surface area contributed by atoms with Gasteiger partial charge in [-0.3, -0.25) is 0 Å². The highest BCUT2D eigenvalue weighted by Crippen LogP contribution is 2.33. The maximum atomic E-state index is 5.91. The molecule has 0 spiro atoms. The second-order valence-corrected chi connectivity index (χ2v) is 7.32. The van der Waals surface area contributed by atoms with Gasteiger partial charge in [-0.15, -0.1) is 11.3 Å². The van der Waals surface area contributed by atoms with Gasteiger partial charge in [0, 0.05) is 12.1 Å². The Morgan fingerprint density at radius 3 is 2.89 bits per heavy atom. The van der Waals surface area contributed by atoms with Crippen molar-refractivity contribution in [2.24, 2.45) is 0 Å². The van der Waals surface area contributed by atoms with E-state index in [1.807, 2.05) is 53.9 Å². The first-order valence-electron chi connectivity index (χ1n) is 9.23. The second kappa shape index (κ2) is 8.91. The van der Waals surface area contributed by atoms with Crippen molar-refractivity contribution in [1.82, 2.24) is 10.5 Å². The van der Waals surface area contributed by atoms with E-state index in [-0.39, 0.29) is 0 Å². The van der Waals surface area contributed by atoms with Crippen molar-refractivity contribution in [3.05, 3.63) is 65.5 Å². The van der Waals surface area contributed by atoms with Gasteiger partial charge in [-0.2, -0.15) is 0 Å². The summed E-state index contributed by atoms with van der Waals surface area (Å²) in [7, 11) is 1.69. The molecule has 0 fully saturated rings. The zero-order valence-corrected chi connectivity index (χ0v) is 16.5. The Bertz CT molecular complexity index is 1040. The zero-order valence-electron chi connectivity index (χ0n) is 15.7. The summed E-state index contributed by atoms with van der Waals surface area (Å²) < 4.78 is 17.6. The summed E-state index contributed by atoms with van der Waals surface area (Å²) in [5.41, 5.74) is 3.92. The molecule has 144 valence electrons. The van der Waals surface area contributed by atoms with Crippen LogP contribution in [0.15, 0.2) is 64.5 Å². The van der Waals surface area contributed by atoms with Gasteiger partial charge in [-0.25, -0.2) is 0 Å². The van der Waals surface area contributed by atoms with E-state index in [1.165, 1.54) is 5.56 Å². The minimum absolute atomic E-state index is 0.655. The lowest BCUT2D eigenvalue weighted by Crippen LogP contribution is -2.17. The van der Waals surface area contributed by atoms with Crippen molar-refractivity contribution in [3.8, 4) is 22.8 Å². The largest absolute Gasteiger partial charge is 0.497 e. The van der Waals surface area contributed by atoms with Gasteiger partial charge in [0.25, 0.3) is 0 Å². The lowest BCUT2D eigenvalue weighted by atomic mass is 10.1. The Balaban J connectivity index is 1.25. The summed E-state index contributed by atoms with van der Waals surface area (Å²) >= 11 is 1.64. The molecular weight excluding hydrogens is 372 g/mol.